The van der Waals surface area contributed by atoms with Gasteiger partial charge in [-0.3, -0.25) is 4.79 Å². The molecule has 0 bridgehead atoms. The molecule has 4 heteroatoms. The summed E-state index contributed by atoms with van der Waals surface area (Å²) in [5.41, 5.74) is -0.260. The molecule has 130 valence electrons. The Kier molecular flexibility index (Phi) is 5.73. The van der Waals surface area contributed by atoms with Gasteiger partial charge in [0.05, 0.1) is 6.10 Å². The molecule has 1 aliphatic heterocycles. The van der Waals surface area contributed by atoms with Crippen molar-refractivity contribution in [2.75, 3.05) is 7.11 Å². The summed E-state index contributed by atoms with van der Waals surface area (Å²) in [7, 11) is 1.63. The second-order valence-corrected chi connectivity index (χ2v) is 9.33. The van der Waals surface area contributed by atoms with Crippen LogP contribution in [-0.4, -0.2) is 31.5 Å². The molecule has 1 N–H and O–H groups in total. The van der Waals surface area contributed by atoms with E-state index in [4.69, 9.17) is 9.47 Å². The quantitative estimate of drug-likeness (QED) is 0.807. The number of rotatable bonds is 3. The third-order valence-corrected chi connectivity index (χ3v) is 4.43. The van der Waals surface area contributed by atoms with Crippen molar-refractivity contribution in [3.05, 3.63) is 0 Å². The van der Waals surface area contributed by atoms with Crippen molar-refractivity contribution in [2.45, 2.75) is 86.7 Å². The summed E-state index contributed by atoms with van der Waals surface area (Å²) < 4.78 is 11.9. The Labute approximate surface area is 136 Å². The van der Waals surface area contributed by atoms with Gasteiger partial charge in [-0.05, 0) is 23.7 Å². The van der Waals surface area contributed by atoms with Gasteiger partial charge in [-0.2, -0.15) is 0 Å². The van der Waals surface area contributed by atoms with E-state index in [-0.39, 0.29) is 28.9 Å². The van der Waals surface area contributed by atoms with Gasteiger partial charge < -0.3 is 14.8 Å². The van der Waals surface area contributed by atoms with Gasteiger partial charge in [0.25, 0.3) is 0 Å². The molecule has 4 nitrogen and oxygen atoms in total. The summed E-state index contributed by atoms with van der Waals surface area (Å²) in [6, 6.07) is 0. The molecule has 1 aliphatic rings. The number of methoxy groups -OCH3 is 1. The van der Waals surface area contributed by atoms with Crippen molar-refractivity contribution < 1.29 is 14.3 Å². The Morgan fingerprint density at radius 2 is 1.77 bits per heavy atom. The smallest absolute Gasteiger partial charge is 0.227 e. The highest BCUT2D eigenvalue weighted by Crippen LogP contribution is 2.44. The lowest BCUT2D eigenvalue weighted by molar-refractivity contribution is -0.199. The molecule has 1 rings (SSSR count). The van der Waals surface area contributed by atoms with Gasteiger partial charge in [0, 0.05) is 12.5 Å². The average molecular weight is 313 g/mol. The summed E-state index contributed by atoms with van der Waals surface area (Å²) in [6.07, 6.45) is 1.58. The van der Waals surface area contributed by atoms with Crippen LogP contribution < -0.4 is 5.32 Å². The molecular formula is C18H35NO3. The van der Waals surface area contributed by atoms with E-state index < -0.39 is 11.6 Å². The zero-order chi connectivity index (χ0) is 17.3. The maximum Gasteiger partial charge on any atom is 0.227 e. The lowest BCUT2D eigenvalue weighted by Gasteiger charge is -2.49. The van der Waals surface area contributed by atoms with Crippen molar-refractivity contribution in [1.82, 2.24) is 5.32 Å². The molecule has 0 aromatic rings. The molecule has 0 radical (unpaired) electrons. The number of amides is 1. The van der Waals surface area contributed by atoms with Crippen LogP contribution in [0.25, 0.3) is 0 Å². The van der Waals surface area contributed by atoms with Crippen LogP contribution in [0, 0.1) is 16.2 Å². The largest absolute Gasteiger partial charge is 0.369 e. The van der Waals surface area contributed by atoms with Crippen LogP contribution in [0.5, 0.6) is 0 Å². The van der Waals surface area contributed by atoms with E-state index in [1.165, 1.54) is 0 Å². The molecule has 3 atom stereocenters. The third-order valence-electron chi connectivity index (χ3n) is 4.43. The fourth-order valence-corrected chi connectivity index (χ4v) is 3.32. The van der Waals surface area contributed by atoms with Crippen molar-refractivity contribution in [1.29, 1.82) is 0 Å². The minimum Gasteiger partial charge on any atom is -0.369 e. The Bertz CT molecular complexity index is 390. The first-order chi connectivity index (χ1) is 9.79. The predicted octanol–water partition coefficient (Wildman–Crippen LogP) is 3.74. The van der Waals surface area contributed by atoms with Gasteiger partial charge in [-0.15, -0.1) is 0 Å². The SMILES string of the molecule is CO[C@H](NC(=O)C(C)(C)C)[C@H]1CCC(C)(C)C(C(C)(C)C)O1. The number of hydrogen-bond acceptors (Lipinski definition) is 3. The van der Waals surface area contributed by atoms with Gasteiger partial charge in [-0.25, -0.2) is 0 Å². The minimum atomic E-state index is -0.436. The fraction of sp³-hybridized carbons (Fsp3) is 0.944. The second kappa shape index (κ2) is 6.48. The summed E-state index contributed by atoms with van der Waals surface area (Å²) >= 11 is 0. The third kappa shape index (κ3) is 4.69. The van der Waals surface area contributed by atoms with Crippen LogP contribution >= 0.6 is 0 Å². The van der Waals surface area contributed by atoms with Gasteiger partial charge in [0.1, 0.15) is 6.10 Å². The maximum absolute atomic E-state index is 12.2. The van der Waals surface area contributed by atoms with E-state index in [9.17, 15) is 4.79 Å². The molecule has 0 saturated carbocycles. The van der Waals surface area contributed by atoms with Crippen LogP contribution in [0.2, 0.25) is 0 Å². The fourth-order valence-electron chi connectivity index (χ4n) is 3.32. The normalized spacial score (nSPS) is 27.3. The van der Waals surface area contributed by atoms with Crippen LogP contribution in [-0.2, 0) is 14.3 Å². The Morgan fingerprint density at radius 1 is 1.23 bits per heavy atom. The highest BCUT2D eigenvalue weighted by atomic mass is 16.6. The van der Waals surface area contributed by atoms with E-state index >= 15 is 0 Å². The molecule has 22 heavy (non-hydrogen) atoms. The molecule has 0 spiro atoms. The van der Waals surface area contributed by atoms with Gasteiger partial charge >= 0.3 is 0 Å². The zero-order valence-corrected chi connectivity index (χ0v) is 15.9. The van der Waals surface area contributed by atoms with Gasteiger partial charge in [0.2, 0.25) is 5.91 Å². The molecule has 0 aromatic heterocycles. The molecular weight excluding hydrogens is 278 g/mol. The standard InChI is InChI=1S/C18H35NO3/c1-16(2,3)14-18(7,8)11-10-12(22-14)13(21-9)19-15(20)17(4,5)6/h12-14H,10-11H2,1-9H3,(H,19,20)/t12-,13+,14?/m1/s1. The van der Waals surface area contributed by atoms with Crippen molar-refractivity contribution in [2.24, 2.45) is 16.2 Å². The maximum atomic E-state index is 12.2. The van der Waals surface area contributed by atoms with Crippen molar-refractivity contribution in [3.8, 4) is 0 Å². The molecule has 1 fully saturated rings. The number of nitrogens with one attached hydrogen (secondary N) is 1. The van der Waals surface area contributed by atoms with Gasteiger partial charge in [0.15, 0.2) is 6.23 Å². The van der Waals surface area contributed by atoms with Crippen LogP contribution in [0.1, 0.15) is 68.2 Å². The number of carbonyl (C=O) groups excluding carboxylic acids is 1. The highest BCUT2D eigenvalue weighted by molar-refractivity contribution is 5.81. The molecule has 1 unspecified atom stereocenters. The summed E-state index contributed by atoms with van der Waals surface area (Å²) in [5.74, 6) is -0.0138. The molecule has 0 aromatic carbocycles. The van der Waals surface area contributed by atoms with E-state index in [0.717, 1.165) is 12.8 Å². The average Bonchev–Trinajstić information content (AvgIpc) is 2.33. The van der Waals surface area contributed by atoms with Crippen LogP contribution in [0.15, 0.2) is 0 Å². The number of carbonyl (C=O) groups is 1. The summed E-state index contributed by atoms with van der Waals surface area (Å²) in [5, 5.41) is 2.99. The Balaban J connectivity index is 2.85. The van der Waals surface area contributed by atoms with Crippen LogP contribution in [0.3, 0.4) is 0 Å². The summed E-state index contributed by atoms with van der Waals surface area (Å²) in [6.45, 7) is 16.8. The lowest BCUT2D eigenvalue weighted by Crippen LogP contribution is -2.56. The van der Waals surface area contributed by atoms with Crippen LogP contribution in [0.4, 0.5) is 0 Å². The number of ether oxygens (including phenoxy) is 2. The Morgan fingerprint density at radius 3 is 2.18 bits per heavy atom. The first kappa shape index (κ1) is 19.4. The summed E-state index contributed by atoms with van der Waals surface area (Å²) in [4.78, 5) is 12.2. The molecule has 1 amide bonds. The van der Waals surface area contributed by atoms with E-state index in [1.807, 2.05) is 20.8 Å². The van der Waals surface area contributed by atoms with Gasteiger partial charge in [-0.1, -0.05) is 55.4 Å². The van der Waals surface area contributed by atoms with Crippen molar-refractivity contribution in [3.63, 3.8) is 0 Å². The first-order valence-electron chi connectivity index (χ1n) is 8.28. The van der Waals surface area contributed by atoms with Crippen molar-refractivity contribution >= 4 is 5.91 Å². The molecule has 0 aliphatic carbocycles. The van der Waals surface area contributed by atoms with E-state index in [2.05, 4.69) is 39.9 Å². The lowest BCUT2D eigenvalue weighted by atomic mass is 9.68. The predicted molar refractivity (Wildman–Crippen MR) is 89.5 cm³/mol. The highest BCUT2D eigenvalue weighted by Gasteiger charge is 2.46. The number of hydrogen-bond donors (Lipinski definition) is 1. The zero-order valence-electron chi connectivity index (χ0n) is 15.9. The first-order valence-corrected chi connectivity index (χ1v) is 8.28. The molecule has 1 heterocycles. The topological polar surface area (TPSA) is 47.6 Å². The van der Waals surface area contributed by atoms with E-state index in [0.29, 0.717) is 0 Å². The van der Waals surface area contributed by atoms with E-state index in [1.54, 1.807) is 7.11 Å². The second-order valence-electron chi connectivity index (χ2n) is 9.33. The monoisotopic (exact) mass is 313 g/mol. The Hall–Kier alpha value is -0.610. The minimum absolute atomic E-state index is 0.0138. The molecule has 1 saturated heterocycles.